The van der Waals surface area contributed by atoms with E-state index >= 15 is 0 Å². The Hall–Kier alpha value is -3.06. The van der Waals surface area contributed by atoms with Crippen LogP contribution >= 0.6 is 0 Å². The standard InChI is InChI=1S/C23H29N3O4/c1-15(23(2,3)4)26(5)13-21(27)25-18-9-7-6-8-17(18)22(28)24-16-10-11-19-20(12-16)30-14-29-19/h6-12,15H,13-14H2,1-5H3,(H,24,28)(H,25,27)/t15-/m1/s1. The van der Waals surface area contributed by atoms with Crippen molar-refractivity contribution in [2.75, 3.05) is 31.0 Å². The summed E-state index contributed by atoms with van der Waals surface area (Å²) in [6, 6.07) is 12.4. The number of amides is 2. The van der Waals surface area contributed by atoms with Gasteiger partial charge in [-0.15, -0.1) is 0 Å². The van der Waals surface area contributed by atoms with E-state index in [1.807, 2.05) is 11.9 Å². The number of likely N-dealkylation sites (N-methyl/N-ethyl adjacent to an activating group) is 1. The van der Waals surface area contributed by atoms with E-state index in [0.29, 0.717) is 28.4 Å². The van der Waals surface area contributed by atoms with Crippen LogP contribution in [0.4, 0.5) is 11.4 Å². The van der Waals surface area contributed by atoms with Crippen LogP contribution < -0.4 is 20.1 Å². The second kappa shape index (κ2) is 8.75. The summed E-state index contributed by atoms with van der Waals surface area (Å²) in [6.45, 7) is 8.92. The number of hydrogen-bond acceptors (Lipinski definition) is 5. The molecule has 2 aromatic carbocycles. The number of benzene rings is 2. The summed E-state index contributed by atoms with van der Waals surface area (Å²) in [4.78, 5) is 27.4. The molecule has 0 spiro atoms. The molecule has 1 heterocycles. The first kappa shape index (κ1) is 21.6. The fourth-order valence-electron chi connectivity index (χ4n) is 3.18. The minimum atomic E-state index is -0.318. The van der Waals surface area contributed by atoms with Crippen LogP contribution in [0.3, 0.4) is 0 Å². The lowest BCUT2D eigenvalue weighted by atomic mass is 9.87. The summed E-state index contributed by atoms with van der Waals surface area (Å²) >= 11 is 0. The number of para-hydroxylation sites is 1. The normalized spacial score (nSPS) is 13.8. The predicted octanol–water partition coefficient (Wildman–Crippen LogP) is 3.97. The molecule has 0 saturated heterocycles. The maximum absolute atomic E-state index is 12.8. The van der Waals surface area contributed by atoms with Crippen LogP contribution in [0.15, 0.2) is 42.5 Å². The van der Waals surface area contributed by atoms with Gasteiger partial charge in [0.15, 0.2) is 11.5 Å². The number of hydrogen-bond donors (Lipinski definition) is 2. The second-order valence-corrected chi connectivity index (χ2v) is 8.57. The summed E-state index contributed by atoms with van der Waals surface area (Å²) in [5, 5.41) is 5.71. The average Bonchev–Trinajstić information content (AvgIpc) is 3.14. The topological polar surface area (TPSA) is 79.9 Å². The molecule has 7 nitrogen and oxygen atoms in total. The van der Waals surface area contributed by atoms with Crippen LogP contribution in [0, 0.1) is 5.41 Å². The lowest BCUT2D eigenvalue weighted by molar-refractivity contribution is -0.117. The Kier molecular flexibility index (Phi) is 6.31. The number of carbonyl (C=O) groups is 2. The molecule has 1 aliphatic heterocycles. The highest BCUT2D eigenvalue weighted by atomic mass is 16.7. The molecule has 2 amide bonds. The zero-order chi connectivity index (χ0) is 21.9. The molecule has 2 N–H and O–H groups in total. The van der Waals surface area contributed by atoms with Gasteiger partial charge in [0, 0.05) is 17.8 Å². The molecule has 0 aromatic heterocycles. The zero-order valence-electron chi connectivity index (χ0n) is 18.1. The van der Waals surface area contributed by atoms with Crippen LogP contribution in [0.1, 0.15) is 38.1 Å². The van der Waals surface area contributed by atoms with Crippen molar-refractivity contribution in [3.05, 3.63) is 48.0 Å². The lowest BCUT2D eigenvalue weighted by Gasteiger charge is -2.34. The van der Waals surface area contributed by atoms with E-state index in [-0.39, 0.29) is 36.6 Å². The highest BCUT2D eigenvalue weighted by Crippen LogP contribution is 2.34. The molecule has 7 heteroatoms. The predicted molar refractivity (Wildman–Crippen MR) is 117 cm³/mol. The number of ether oxygens (including phenoxy) is 2. The number of nitrogens with one attached hydrogen (secondary N) is 2. The van der Waals surface area contributed by atoms with Crippen LogP contribution in [0.5, 0.6) is 11.5 Å². The van der Waals surface area contributed by atoms with Crippen molar-refractivity contribution >= 4 is 23.2 Å². The van der Waals surface area contributed by atoms with Gasteiger partial charge in [-0.1, -0.05) is 32.9 Å². The third-order valence-electron chi connectivity index (χ3n) is 5.38. The summed E-state index contributed by atoms with van der Waals surface area (Å²) in [5.74, 6) is 0.748. The van der Waals surface area contributed by atoms with Gasteiger partial charge in [-0.2, -0.15) is 0 Å². The van der Waals surface area contributed by atoms with Gasteiger partial charge < -0.3 is 20.1 Å². The molecule has 3 rings (SSSR count). The molecule has 1 atom stereocenters. The number of carbonyl (C=O) groups excluding carboxylic acids is 2. The molecule has 0 radical (unpaired) electrons. The first-order valence-corrected chi connectivity index (χ1v) is 9.95. The van der Waals surface area contributed by atoms with E-state index in [1.54, 1.807) is 42.5 Å². The molecule has 0 bridgehead atoms. The fraction of sp³-hybridized carbons (Fsp3) is 0.391. The van der Waals surface area contributed by atoms with Crippen molar-refractivity contribution in [1.29, 1.82) is 0 Å². The maximum atomic E-state index is 12.8. The molecule has 0 fully saturated rings. The molecule has 0 saturated carbocycles. The Balaban J connectivity index is 1.68. The molecule has 0 unspecified atom stereocenters. The summed E-state index contributed by atoms with van der Waals surface area (Å²) in [6.07, 6.45) is 0. The molecule has 160 valence electrons. The Morgan fingerprint density at radius 2 is 1.77 bits per heavy atom. The SMILES string of the molecule is C[C@@H](N(C)CC(=O)Nc1ccccc1C(=O)Nc1ccc2c(c1)OCO2)C(C)(C)C. The van der Waals surface area contributed by atoms with Gasteiger partial charge in [0.25, 0.3) is 5.91 Å². The van der Waals surface area contributed by atoms with Gasteiger partial charge in [-0.3, -0.25) is 14.5 Å². The average molecular weight is 412 g/mol. The molecule has 30 heavy (non-hydrogen) atoms. The molecule has 2 aromatic rings. The Bertz CT molecular complexity index is 936. The Labute approximate surface area is 177 Å². The van der Waals surface area contributed by atoms with Gasteiger partial charge in [0.05, 0.1) is 17.8 Å². The third-order valence-corrected chi connectivity index (χ3v) is 5.38. The van der Waals surface area contributed by atoms with Crippen LogP contribution in [0.25, 0.3) is 0 Å². The van der Waals surface area contributed by atoms with Crippen molar-refractivity contribution < 1.29 is 19.1 Å². The first-order chi connectivity index (χ1) is 14.1. The van der Waals surface area contributed by atoms with Crippen LogP contribution in [-0.4, -0.2) is 43.1 Å². The third kappa shape index (κ3) is 5.10. The van der Waals surface area contributed by atoms with Crippen molar-refractivity contribution in [3.8, 4) is 11.5 Å². The minimum absolute atomic E-state index is 0.0530. The number of anilines is 2. The van der Waals surface area contributed by atoms with Crippen LogP contribution in [0.2, 0.25) is 0 Å². The van der Waals surface area contributed by atoms with Gasteiger partial charge in [0.2, 0.25) is 12.7 Å². The van der Waals surface area contributed by atoms with Gasteiger partial charge >= 0.3 is 0 Å². The van der Waals surface area contributed by atoms with E-state index in [9.17, 15) is 9.59 Å². The van der Waals surface area contributed by atoms with E-state index in [2.05, 4.69) is 38.3 Å². The second-order valence-electron chi connectivity index (χ2n) is 8.57. The summed E-state index contributed by atoms with van der Waals surface area (Å²) < 4.78 is 10.6. The largest absolute Gasteiger partial charge is 0.454 e. The summed E-state index contributed by atoms with van der Waals surface area (Å²) in [5.41, 5.74) is 1.49. The Morgan fingerprint density at radius 1 is 1.07 bits per heavy atom. The number of rotatable bonds is 6. The number of fused-ring (bicyclic) bond motifs is 1. The highest BCUT2D eigenvalue weighted by molar-refractivity contribution is 6.10. The van der Waals surface area contributed by atoms with E-state index in [0.717, 1.165) is 0 Å². The summed E-state index contributed by atoms with van der Waals surface area (Å²) in [7, 11) is 1.92. The lowest BCUT2D eigenvalue weighted by Crippen LogP contribution is -2.43. The molecular weight excluding hydrogens is 382 g/mol. The van der Waals surface area contributed by atoms with Crippen molar-refractivity contribution in [2.24, 2.45) is 5.41 Å². The van der Waals surface area contributed by atoms with Crippen molar-refractivity contribution in [1.82, 2.24) is 4.90 Å². The van der Waals surface area contributed by atoms with Crippen molar-refractivity contribution in [3.63, 3.8) is 0 Å². The quantitative estimate of drug-likeness (QED) is 0.752. The Morgan fingerprint density at radius 3 is 2.50 bits per heavy atom. The monoisotopic (exact) mass is 411 g/mol. The van der Waals surface area contributed by atoms with Crippen molar-refractivity contribution in [2.45, 2.75) is 33.7 Å². The molecular formula is C23H29N3O4. The van der Waals surface area contributed by atoms with E-state index in [4.69, 9.17) is 9.47 Å². The molecule has 1 aliphatic rings. The van der Waals surface area contributed by atoms with Gasteiger partial charge in [-0.05, 0) is 43.7 Å². The molecule has 0 aliphatic carbocycles. The van der Waals surface area contributed by atoms with Gasteiger partial charge in [0.1, 0.15) is 0 Å². The number of nitrogens with zero attached hydrogens (tertiary/aromatic N) is 1. The van der Waals surface area contributed by atoms with Crippen LogP contribution in [-0.2, 0) is 4.79 Å². The smallest absolute Gasteiger partial charge is 0.257 e. The van der Waals surface area contributed by atoms with Gasteiger partial charge in [-0.25, -0.2) is 0 Å². The maximum Gasteiger partial charge on any atom is 0.257 e. The van der Waals surface area contributed by atoms with E-state index < -0.39 is 0 Å². The zero-order valence-corrected chi connectivity index (χ0v) is 18.1. The first-order valence-electron chi connectivity index (χ1n) is 9.95. The minimum Gasteiger partial charge on any atom is -0.454 e. The highest BCUT2D eigenvalue weighted by Gasteiger charge is 2.25. The fourth-order valence-corrected chi connectivity index (χ4v) is 3.18. The van der Waals surface area contributed by atoms with E-state index in [1.165, 1.54) is 0 Å².